The number of nitrogens with one attached hydrogen (secondary N) is 1. The topological polar surface area (TPSA) is 49.1 Å². The molecule has 1 aromatic heterocycles. The smallest absolute Gasteiger partial charge is 0.0820 e. The molecule has 15 heavy (non-hydrogen) atoms. The average molecular weight is 197 g/mol. The van der Waals surface area contributed by atoms with Crippen LogP contribution in [0.15, 0.2) is 47.7 Å². The van der Waals surface area contributed by atoms with Crippen molar-refractivity contribution in [2.75, 3.05) is 7.05 Å². The van der Waals surface area contributed by atoms with E-state index in [0.29, 0.717) is 11.4 Å². The van der Waals surface area contributed by atoms with Gasteiger partial charge in [-0.25, -0.2) is 0 Å². The molecule has 0 aliphatic heterocycles. The molecule has 1 aromatic rings. The van der Waals surface area contributed by atoms with E-state index in [1.54, 1.807) is 25.5 Å². The lowest BCUT2D eigenvalue weighted by Crippen LogP contribution is -2.11. The minimum atomic E-state index is 0.443. The lowest BCUT2D eigenvalue weighted by atomic mass is 9.99. The molecule has 1 heterocycles. The Kier molecular flexibility index (Phi) is 2.54. The molecule has 1 aliphatic carbocycles. The van der Waals surface area contributed by atoms with Crippen LogP contribution in [0, 0.1) is 5.41 Å². The van der Waals surface area contributed by atoms with Crippen molar-refractivity contribution in [3.63, 3.8) is 0 Å². The third-order valence-corrected chi connectivity index (χ3v) is 2.23. The summed E-state index contributed by atoms with van der Waals surface area (Å²) in [6, 6.07) is 3.86. The fourth-order valence-corrected chi connectivity index (χ4v) is 1.44. The molecule has 0 radical (unpaired) electrons. The fourth-order valence-electron chi connectivity index (χ4n) is 1.44. The minimum Gasteiger partial charge on any atom is -0.299 e. The van der Waals surface area contributed by atoms with Crippen molar-refractivity contribution in [3.8, 4) is 0 Å². The highest BCUT2D eigenvalue weighted by molar-refractivity contribution is 6.51. The molecule has 0 unspecified atom stereocenters. The summed E-state index contributed by atoms with van der Waals surface area (Å²) in [7, 11) is 1.69. The zero-order chi connectivity index (χ0) is 10.7. The fraction of sp³-hybridized carbons (Fsp3) is 0.0833. The maximum atomic E-state index is 7.75. The number of aliphatic imine (C=N–C) groups is 1. The first-order valence-electron chi connectivity index (χ1n) is 4.67. The number of rotatable bonds is 1. The Balaban J connectivity index is 2.36. The maximum Gasteiger partial charge on any atom is 0.0820 e. The summed E-state index contributed by atoms with van der Waals surface area (Å²) >= 11 is 0. The molecule has 0 saturated carbocycles. The van der Waals surface area contributed by atoms with Gasteiger partial charge in [0.2, 0.25) is 0 Å². The SMILES string of the molecule is C/N=C1/C=CC(c2cccnc2)=CC1=N. The minimum absolute atomic E-state index is 0.443. The normalized spacial score (nSPS) is 18.1. The first-order chi connectivity index (χ1) is 7.31. The van der Waals surface area contributed by atoms with E-state index in [4.69, 9.17) is 5.41 Å². The summed E-state index contributed by atoms with van der Waals surface area (Å²) in [6.45, 7) is 0. The van der Waals surface area contributed by atoms with Crippen LogP contribution in [-0.2, 0) is 0 Å². The lowest BCUT2D eigenvalue weighted by Gasteiger charge is -2.08. The second kappa shape index (κ2) is 4.00. The van der Waals surface area contributed by atoms with E-state index in [0.717, 1.165) is 11.1 Å². The highest BCUT2D eigenvalue weighted by atomic mass is 14.7. The zero-order valence-electron chi connectivity index (χ0n) is 8.44. The van der Waals surface area contributed by atoms with Crippen LogP contribution in [-0.4, -0.2) is 23.5 Å². The second-order valence-electron chi connectivity index (χ2n) is 3.20. The van der Waals surface area contributed by atoms with E-state index in [9.17, 15) is 0 Å². The van der Waals surface area contributed by atoms with Crippen LogP contribution in [0.5, 0.6) is 0 Å². The van der Waals surface area contributed by atoms with Gasteiger partial charge in [0, 0.05) is 25.0 Å². The third-order valence-electron chi connectivity index (χ3n) is 2.23. The molecule has 74 valence electrons. The van der Waals surface area contributed by atoms with Gasteiger partial charge in [0.1, 0.15) is 0 Å². The Hall–Kier alpha value is -2.03. The number of aromatic nitrogens is 1. The van der Waals surface area contributed by atoms with Crippen molar-refractivity contribution in [2.24, 2.45) is 4.99 Å². The van der Waals surface area contributed by atoms with Gasteiger partial charge in [0.05, 0.1) is 11.4 Å². The van der Waals surface area contributed by atoms with E-state index >= 15 is 0 Å². The van der Waals surface area contributed by atoms with Gasteiger partial charge >= 0.3 is 0 Å². The average Bonchev–Trinajstić information content (AvgIpc) is 2.30. The van der Waals surface area contributed by atoms with E-state index in [1.165, 1.54) is 0 Å². The summed E-state index contributed by atoms with van der Waals surface area (Å²) in [5.74, 6) is 0. The van der Waals surface area contributed by atoms with Crippen LogP contribution in [0.1, 0.15) is 5.56 Å². The Morgan fingerprint density at radius 3 is 2.80 bits per heavy atom. The third kappa shape index (κ3) is 1.91. The highest BCUT2D eigenvalue weighted by Gasteiger charge is 2.08. The van der Waals surface area contributed by atoms with Crippen molar-refractivity contribution in [1.29, 1.82) is 5.41 Å². The molecule has 3 nitrogen and oxygen atoms in total. The standard InChI is InChI=1S/C12H11N3/c1-14-12-5-4-9(7-11(12)13)10-3-2-6-15-8-10/h2-8,13H,1H3/b13-11?,14-12-. The van der Waals surface area contributed by atoms with E-state index in [-0.39, 0.29) is 0 Å². The number of hydrogen-bond donors (Lipinski definition) is 1. The first kappa shape index (κ1) is 9.52. The van der Waals surface area contributed by atoms with Crippen LogP contribution in [0.3, 0.4) is 0 Å². The van der Waals surface area contributed by atoms with E-state index in [1.807, 2.05) is 24.3 Å². The predicted molar refractivity (Wildman–Crippen MR) is 62.4 cm³/mol. The van der Waals surface area contributed by atoms with Crippen molar-refractivity contribution in [3.05, 3.63) is 48.3 Å². The number of nitrogens with zero attached hydrogens (tertiary/aromatic N) is 2. The van der Waals surface area contributed by atoms with Crippen molar-refractivity contribution in [1.82, 2.24) is 4.98 Å². The quantitative estimate of drug-likeness (QED) is 0.689. The molecule has 1 aliphatic rings. The van der Waals surface area contributed by atoms with Gasteiger partial charge in [-0.15, -0.1) is 0 Å². The summed E-state index contributed by atoms with van der Waals surface area (Å²) in [5.41, 5.74) is 3.18. The van der Waals surface area contributed by atoms with Gasteiger partial charge in [-0.3, -0.25) is 15.4 Å². The molecular weight excluding hydrogens is 186 g/mol. The van der Waals surface area contributed by atoms with Gasteiger partial charge < -0.3 is 0 Å². The van der Waals surface area contributed by atoms with Crippen LogP contribution in [0.4, 0.5) is 0 Å². The van der Waals surface area contributed by atoms with Crippen molar-refractivity contribution < 1.29 is 0 Å². The summed E-state index contributed by atoms with van der Waals surface area (Å²) in [6.07, 6.45) is 9.14. The molecule has 2 rings (SSSR count). The molecule has 0 atom stereocenters. The van der Waals surface area contributed by atoms with Gasteiger partial charge in [0.15, 0.2) is 0 Å². The van der Waals surface area contributed by atoms with Gasteiger partial charge in [-0.2, -0.15) is 0 Å². The molecule has 0 saturated heterocycles. The largest absolute Gasteiger partial charge is 0.299 e. The second-order valence-corrected chi connectivity index (χ2v) is 3.20. The van der Waals surface area contributed by atoms with E-state index < -0.39 is 0 Å². The zero-order valence-corrected chi connectivity index (χ0v) is 8.44. The molecule has 0 amide bonds. The number of allylic oxidation sites excluding steroid dienone is 4. The molecule has 1 N–H and O–H groups in total. The van der Waals surface area contributed by atoms with Gasteiger partial charge in [-0.05, 0) is 23.8 Å². The summed E-state index contributed by atoms with van der Waals surface area (Å²) in [4.78, 5) is 8.05. The maximum absolute atomic E-state index is 7.75. The molecular formula is C12H11N3. The Labute approximate surface area is 88.4 Å². The predicted octanol–water partition coefficient (Wildman–Crippen LogP) is 2.13. The van der Waals surface area contributed by atoms with Crippen LogP contribution >= 0.6 is 0 Å². The number of hydrogen-bond acceptors (Lipinski definition) is 3. The molecule has 0 aromatic carbocycles. The van der Waals surface area contributed by atoms with Crippen LogP contribution in [0.2, 0.25) is 0 Å². The van der Waals surface area contributed by atoms with Crippen LogP contribution in [0.25, 0.3) is 5.57 Å². The monoisotopic (exact) mass is 197 g/mol. The lowest BCUT2D eigenvalue weighted by molar-refractivity contribution is 1.31. The molecule has 0 spiro atoms. The molecule has 0 fully saturated rings. The molecule has 0 bridgehead atoms. The summed E-state index contributed by atoms with van der Waals surface area (Å²) < 4.78 is 0. The van der Waals surface area contributed by atoms with Gasteiger partial charge in [-0.1, -0.05) is 12.1 Å². The molecule has 3 heteroatoms. The summed E-state index contributed by atoms with van der Waals surface area (Å²) in [5, 5.41) is 7.75. The Bertz CT molecular complexity index is 467. The Morgan fingerprint density at radius 2 is 2.20 bits per heavy atom. The number of pyridine rings is 1. The Morgan fingerprint density at radius 1 is 1.33 bits per heavy atom. The van der Waals surface area contributed by atoms with Crippen molar-refractivity contribution in [2.45, 2.75) is 0 Å². The van der Waals surface area contributed by atoms with E-state index in [2.05, 4.69) is 9.98 Å². The van der Waals surface area contributed by atoms with Crippen molar-refractivity contribution >= 4 is 17.0 Å². The van der Waals surface area contributed by atoms with Crippen LogP contribution < -0.4 is 0 Å². The van der Waals surface area contributed by atoms with Gasteiger partial charge in [0.25, 0.3) is 0 Å². The highest BCUT2D eigenvalue weighted by Crippen LogP contribution is 2.17. The first-order valence-corrected chi connectivity index (χ1v) is 4.67.